The van der Waals surface area contributed by atoms with Crippen molar-refractivity contribution in [1.82, 2.24) is 9.97 Å². The first-order valence-electron chi connectivity index (χ1n) is 8.82. The maximum atomic E-state index is 14.5. The molecule has 3 unspecified atom stereocenters. The monoisotopic (exact) mass is 348 g/mol. The predicted octanol–water partition coefficient (Wildman–Crippen LogP) is 4.24. The lowest BCUT2D eigenvalue weighted by Gasteiger charge is -2.15. The second kappa shape index (κ2) is 5.51. The molecule has 2 fully saturated rings. The van der Waals surface area contributed by atoms with Crippen LogP contribution in [0.3, 0.4) is 0 Å². The summed E-state index contributed by atoms with van der Waals surface area (Å²) in [5, 5.41) is 0. The van der Waals surface area contributed by atoms with Crippen LogP contribution in [-0.2, 0) is 5.92 Å². The zero-order chi connectivity index (χ0) is 17.8. The van der Waals surface area contributed by atoms with E-state index < -0.39 is 17.2 Å². The number of nitrogens with zero attached hydrogens (tertiary/aromatic N) is 1. The average Bonchev–Trinajstić information content (AvgIpc) is 3.44. The molecule has 1 spiro atoms. The number of benzene rings is 1. The van der Waals surface area contributed by atoms with Gasteiger partial charge in [-0.2, -0.15) is 8.78 Å². The summed E-state index contributed by atoms with van der Waals surface area (Å²) < 4.78 is 34.2. The summed E-state index contributed by atoms with van der Waals surface area (Å²) in [5.41, 5.74) is -0.290. The van der Waals surface area contributed by atoms with Crippen molar-refractivity contribution in [2.75, 3.05) is 7.11 Å². The molecule has 1 heterocycles. The lowest BCUT2D eigenvalue weighted by molar-refractivity contribution is -0.0216. The molecule has 2 aliphatic carbocycles. The van der Waals surface area contributed by atoms with Crippen LogP contribution in [0.15, 0.2) is 23.0 Å². The second-order valence-corrected chi connectivity index (χ2v) is 7.63. The van der Waals surface area contributed by atoms with Gasteiger partial charge in [0.05, 0.1) is 18.1 Å². The quantitative estimate of drug-likeness (QED) is 0.849. The Bertz CT molecular complexity index is 879. The average molecular weight is 348 g/mol. The van der Waals surface area contributed by atoms with Crippen molar-refractivity contribution in [3.05, 3.63) is 34.2 Å². The minimum Gasteiger partial charge on any atom is -0.497 e. The van der Waals surface area contributed by atoms with Crippen molar-refractivity contribution in [1.29, 1.82) is 0 Å². The van der Waals surface area contributed by atoms with Crippen molar-refractivity contribution >= 4 is 11.0 Å². The number of rotatable bonds is 6. The third-order valence-corrected chi connectivity index (χ3v) is 6.08. The molecule has 0 amide bonds. The first-order valence-corrected chi connectivity index (χ1v) is 8.82. The van der Waals surface area contributed by atoms with Gasteiger partial charge in [-0.3, -0.25) is 4.79 Å². The van der Waals surface area contributed by atoms with Crippen molar-refractivity contribution in [2.45, 2.75) is 45.0 Å². The number of H-pyrrole nitrogens is 1. The molecule has 0 saturated heterocycles. The number of halogens is 2. The van der Waals surface area contributed by atoms with E-state index in [9.17, 15) is 13.6 Å². The summed E-state index contributed by atoms with van der Waals surface area (Å²) in [4.78, 5) is 18.5. The molecular formula is C19H22F2N2O2. The fourth-order valence-electron chi connectivity index (χ4n) is 4.28. The van der Waals surface area contributed by atoms with Crippen LogP contribution in [0.2, 0.25) is 0 Å². The molecule has 4 nitrogen and oxygen atoms in total. The molecule has 4 rings (SSSR count). The number of ether oxygens (including phenoxy) is 1. The van der Waals surface area contributed by atoms with E-state index in [2.05, 4.69) is 16.9 Å². The Balaban J connectivity index is 1.48. The third kappa shape index (κ3) is 2.81. The topological polar surface area (TPSA) is 55.0 Å². The van der Waals surface area contributed by atoms with E-state index in [-0.39, 0.29) is 6.42 Å². The van der Waals surface area contributed by atoms with Crippen LogP contribution in [-0.4, -0.2) is 17.1 Å². The summed E-state index contributed by atoms with van der Waals surface area (Å²) in [6, 6.07) is 4.79. The van der Waals surface area contributed by atoms with Gasteiger partial charge in [0.2, 0.25) is 0 Å². The minimum atomic E-state index is -3.21. The standard InChI is InChI=1S/C19H22F2N2O2/c1-11-9-18(11)10-12(18)4-3-7-19(20,21)16-17(24)23-15-8-13(25-2)5-6-14(15)22-16/h5-6,8,11-12H,3-4,7,9-10H2,1-2H3,(H,23,24). The highest BCUT2D eigenvalue weighted by atomic mass is 19.3. The fraction of sp³-hybridized carbons (Fsp3) is 0.579. The van der Waals surface area contributed by atoms with Gasteiger partial charge >= 0.3 is 0 Å². The van der Waals surface area contributed by atoms with E-state index in [0.717, 1.165) is 12.3 Å². The van der Waals surface area contributed by atoms with E-state index >= 15 is 0 Å². The summed E-state index contributed by atoms with van der Waals surface area (Å²) in [6.45, 7) is 2.24. The van der Waals surface area contributed by atoms with E-state index in [1.165, 1.54) is 20.0 Å². The second-order valence-electron chi connectivity index (χ2n) is 7.63. The highest BCUT2D eigenvalue weighted by Crippen LogP contribution is 2.75. The summed E-state index contributed by atoms with van der Waals surface area (Å²) in [5.74, 6) is -1.30. The third-order valence-electron chi connectivity index (χ3n) is 6.08. The molecule has 6 heteroatoms. The van der Waals surface area contributed by atoms with Gasteiger partial charge in [-0.15, -0.1) is 0 Å². The lowest BCUT2D eigenvalue weighted by atomic mass is 10.0. The van der Waals surface area contributed by atoms with Crippen molar-refractivity contribution in [3.8, 4) is 5.75 Å². The van der Waals surface area contributed by atoms with Crippen LogP contribution in [0.4, 0.5) is 8.78 Å². The molecule has 1 aromatic heterocycles. The van der Waals surface area contributed by atoms with Gasteiger partial charge in [0, 0.05) is 12.5 Å². The van der Waals surface area contributed by atoms with Gasteiger partial charge in [-0.1, -0.05) is 6.92 Å². The molecule has 0 bridgehead atoms. The SMILES string of the molecule is COc1ccc2nc(C(F)(F)CCCC3CC34CC4C)c(=O)[nH]c2c1. The van der Waals surface area contributed by atoms with Crippen LogP contribution < -0.4 is 10.3 Å². The van der Waals surface area contributed by atoms with Crippen LogP contribution in [0.5, 0.6) is 5.75 Å². The van der Waals surface area contributed by atoms with Gasteiger partial charge in [0.25, 0.3) is 11.5 Å². The largest absolute Gasteiger partial charge is 0.497 e. The highest BCUT2D eigenvalue weighted by Gasteiger charge is 2.67. The predicted molar refractivity (Wildman–Crippen MR) is 91.0 cm³/mol. The zero-order valence-electron chi connectivity index (χ0n) is 14.4. The highest BCUT2D eigenvalue weighted by molar-refractivity contribution is 5.75. The molecule has 2 aliphatic rings. The number of nitrogens with one attached hydrogen (secondary N) is 1. The number of hydrogen-bond acceptors (Lipinski definition) is 3. The Hall–Kier alpha value is -1.98. The van der Waals surface area contributed by atoms with E-state index in [4.69, 9.17) is 4.74 Å². The molecule has 134 valence electrons. The Kier molecular flexibility index (Phi) is 3.63. The molecular weight excluding hydrogens is 326 g/mol. The van der Waals surface area contributed by atoms with Gasteiger partial charge in [-0.25, -0.2) is 4.98 Å². The van der Waals surface area contributed by atoms with Crippen LogP contribution >= 0.6 is 0 Å². The number of methoxy groups -OCH3 is 1. The number of aromatic nitrogens is 2. The van der Waals surface area contributed by atoms with Gasteiger partial charge in [-0.05, 0) is 55.1 Å². The van der Waals surface area contributed by atoms with E-state index in [1.807, 2.05) is 0 Å². The Morgan fingerprint density at radius 1 is 1.40 bits per heavy atom. The first kappa shape index (κ1) is 16.5. The number of fused-ring (bicyclic) bond motifs is 1. The van der Waals surface area contributed by atoms with Gasteiger partial charge in [0.1, 0.15) is 5.75 Å². The maximum Gasteiger partial charge on any atom is 0.295 e. The van der Waals surface area contributed by atoms with Crippen molar-refractivity contribution in [3.63, 3.8) is 0 Å². The van der Waals surface area contributed by atoms with Gasteiger partial charge in [0.15, 0.2) is 5.69 Å². The number of aromatic amines is 1. The maximum absolute atomic E-state index is 14.5. The zero-order valence-corrected chi connectivity index (χ0v) is 14.4. The van der Waals surface area contributed by atoms with Crippen LogP contribution in [0.25, 0.3) is 11.0 Å². The Labute approximate surface area is 144 Å². The molecule has 1 N–H and O–H groups in total. The van der Waals surface area contributed by atoms with Gasteiger partial charge < -0.3 is 9.72 Å². The molecule has 3 atom stereocenters. The minimum absolute atomic E-state index is 0.328. The smallest absolute Gasteiger partial charge is 0.295 e. The summed E-state index contributed by atoms with van der Waals surface area (Å²) >= 11 is 0. The molecule has 2 aromatic rings. The molecule has 1 aromatic carbocycles. The molecule has 2 saturated carbocycles. The molecule has 25 heavy (non-hydrogen) atoms. The Morgan fingerprint density at radius 2 is 2.16 bits per heavy atom. The van der Waals surface area contributed by atoms with E-state index in [1.54, 1.807) is 18.2 Å². The first-order chi connectivity index (χ1) is 11.9. The Morgan fingerprint density at radius 3 is 2.80 bits per heavy atom. The fourth-order valence-corrected chi connectivity index (χ4v) is 4.28. The normalized spacial score (nSPS) is 27.7. The molecule has 0 aliphatic heterocycles. The lowest BCUT2D eigenvalue weighted by Crippen LogP contribution is -2.27. The van der Waals surface area contributed by atoms with Crippen molar-refractivity contribution in [2.24, 2.45) is 17.3 Å². The van der Waals surface area contributed by atoms with Crippen LogP contribution in [0.1, 0.15) is 44.7 Å². The summed E-state index contributed by atoms with van der Waals surface area (Å²) in [7, 11) is 1.50. The molecule has 0 radical (unpaired) electrons. The summed E-state index contributed by atoms with van der Waals surface area (Å²) in [6.07, 6.45) is 3.36. The van der Waals surface area contributed by atoms with E-state index in [0.29, 0.717) is 34.5 Å². The number of alkyl halides is 2. The number of hydrogen-bond donors (Lipinski definition) is 1. The van der Waals surface area contributed by atoms with Crippen molar-refractivity contribution < 1.29 is 13.5 Å². The van der Waals surface area contributed by atoms with Crippen LogP contribution in [0, 0.1) is 17.3 Å².